The van der Waals surface area contributed by atoms with Gasteiger partial charge in [0.1, 0.15) is 17.3 Å². The average Bonchev–Trinajstić information content (AvgIpc) is 3.08. The van der Waals surface area contributed by atoms with Crippen molar-refractivity contribution >= 4 is 28.8 Å². The van der Waals surface area contributed by atoms with Crippen LogP contribution in [0.1, 0.15) is 17.2 Å². The van der Waals surface area contributed by atoms with Crippen LogP contribution < -0.4 is 9.64 Å². The summed E-state index contributed by atoms with van der Waals surface area (Å²) >= 11 is 0. The first-order chi connectivity index (χ1) is 17.0. The number of aliphatic hydroxyl groups excluding tert-OH is 1. The number of carbonyl (C=O) groups is 2. The quantitative estimate of drug-likeness (QED) is 0.169. The maximum Gasteiger partial charge on any atom is 0.573 e. The van der Waals surface area contributed by atoms with Crippen LogP contribution in [0.2, 0.25) is 0 Å². The lowest BCUT2D eigenvalue weighted by atomic mass is 9.95. The SMILES string of the molecule is O=C1C(=O)N(c2cccc(OC(F)(F)F)c2)C(c2ccc(O)cc2)/C1=C(/O)c1cccc([N+](=O)[O-])c1. The number of nitro benzene ring substituents is 1. The number of non-ortho nitro benzene ring substituents is 1. The molecular weight excluding hydrogens is 485 g/mol. The molecule has 0 saturated carbocycles. The van der Waals surface area contributed by atoms with Crippen LogP contribution in [0.15, 0.2) is 78.4 Å². The van der Waals surface area contributed by atoms with Crippen LogP contribution >= 0.6 is 0 Å². The van der Waals surface area contributed by atoms with Crippen molar-refractivity contribution < 1.29 is 42.6 Å². The highest BCUT2D eigenvalue weighted by Crippen LogP contribution is 2.43. The molecule has 1 amide bonds. The molecule has 12 heteroatoms. The van der Waals surface area contributed by atoms with Gasteiger partial charge in [0.2, 0.25) is 0 Å². The van der Waals surface area contributed by atoms with Gasteiger partial charge in [0.15, 0.2) is 0 Å². The summed E-state index contributed by atoms with van der Waals surface area (Å²) in [5.74, 6) is -3.84. The minimum absolute atomic E-state index is 0.125. The first-order valence-corrected chi connectivity index (χ1v) is 10.2. The molecule has 1 aliphatic heterocycles. The van der Waals surface area contributed by atoms with Crippen LogP contribution in [0.25, 0.3) is 5.76 Å². The van der Waals surface area contributed by atoms with Crippen molar-refractivity contribution in [2.75, 3.05) is 4.90 Å². The van der Waals surface area contributed by atoms with E-state index < -0.39 is 46.1 Å². The van der Waals surface area contributed by atoms with E-state index in [1.807, 2.05) is 0 Å². The van der Waals surface area contributed by atoms with E-state index in [9.17, 15) is 43.1 Å². The van der Waals surface area contributed by atoms with Crippen LogP contribution in [0, 0.1) is 10.1 Å². The molecule has 184 valence electrons. The minimum atomic E-state index is -5.01. The zero-order valence-corrected chi connectivity index (χ0v) is 18.0. The van der Waals surface area contributed by atoms with Crippen LogP contribution in [0.4, 0.5) is 24.5 Å². The Balaban J connectivity index is 1.91. The molecule has 0 radical (unpaired) electrons. The van der Waals surface area contributed by atoms with Gasteiger partial charge in [-0.25, -0.2) is 0 Å². The summed E-state index contributed by atoms with van der Waals surface area (Å²) in [6.07, 6.45) is -5.01. The number of nitrogens with zero attached hydrogens (tertiary/aromatic N) is 2. The fraction of sp³-hybridized carbons (Fsp3) is 0.0833. The molecule has 9 nitrogen and oxygen atoms in total. The van der Waals surface area contributed by atoms with Crippen LogP contribution in [0.5, 0.6) is 11.5 Å². The highest BCUT2D eigenvalue weighted by atomic mass is 19.4. The fourth-order valence-electron chi connectivity index (χ4n) is 3.82. The summed E-state index contributed by atoms with van der Waals surface area (Å²) in [6, 6.07) is 13.0. The Morgan fingerprint density at radius 2 is 1.67 bits per heavy atom. The number of hydrogen-bond acceptors (Lipinski definition) is 7. The molecule has 1 fully saturated rings. The standard InChI is InChI=1S/C24H15F3N2O7/c25-24(26,27)36-18-6-2-4-15(12-18)28-20(13-7-9-17(30)10-8-13)19(22(32)23(28)33)21(31)14-3-1-5-16(11-14)29(34)35/h1-12,20,30-31H/b21-19-. The Bertz CT molecular complexity index is 1400. The number of halogens is 3. The number of rotatable bonds is 5. The molecule has 36 heavy (non-hydrogen) atoms. The first-order valence-electron chi connectivity index (χ1n) is 10.2. The van der Waals surface area contributed by atoms with E-state index in [1.165, 1.54) is 54.6 Å². The number of Topliss-reactive ketones (excluding diaryl/α,β-unsaturated/α-hetero) is 1. The molecule has 0 aromatic heterocycles. The molecule has 0 spiro atoms. The van der Waals surface area contributed by atoms with E-state index in [4.69, 9.17) is 0 Å². The van der Waals surface area contributed by atoms with Gasteiger partial charge < -0.3 is 14.9 Å². The van der Waals surface area contributed by atoms with Crippen molar-refractivity contribution in [1.82, 2.24) is 0 Å². The highest BCUT2D eigenvalue weighted by Gasteiger charge is 2.47. The Kier molecular flexibility index (Phi) is 6.10. The zero-order valence-electron chi connectivity index (χ0n) is 18.0. The van der Waals surface area contributed by atoms with Crippen molar-refractivity contribution in [3.05, 3.63) is 99.6 Å². The van der Waals surface area contributed by atoms with Gasteiger partial charge in [-0.1, -0.05) is 30.3 Å². The number of alkyl halides is 3. The molecule has 1 aliphatic rings. The Hall–Kier alpha value is -4.87. The molecule has 0 bridgehead atoms. The number of phenolic OH excluding ortho intramolecular Hbond substituents is 1. The maximum absolute atomic E-state index is 13.1. The smallest absolute Gasteiger partial charge is 0.508 e. The number of nitro groups is 1. The molecule has 0 aliphatic carbocycles. The van der Waals surface area contributed by atoms with E-state index in [-0.39, 0.29) is 28.3 Å². The van der Waals surface area contributed by atoms with Gasteiger partial charge in [0.25, 0.3) is 17.4 Å². The van der Waals surface area contributed by atoms with E-state index in [1.54, 1.807) is 0 Å². The normalized spacial score (nSPS) is 17.3. The molecule has 1 heterocycles. The number of benzene rings is 3. The van der Waals surface area contributed by atoms with Gasteiger partial charge >= 0.3 is 6.36 Å². The van der Waals surface area contributed by atoms with E-state index >= 15 is 0 Å². The molecule has 1 atom stereocenters. The summed E-state index contributed by atoms with van der Waals surface area (Å²) in [5.41, 5.74) is -0.879. The summed E-state index contributed by atoms with van der Waals surface area (Å²) < 4.78 is 42.2. The van der Waals surface area contributed by atoms with Gasteiger partial charge in [0.05, 0.1) is 16.5 Å². The number of carbonyl (C=O) groups excluding carboxylic acids is 2. The Morgan fingerprint density at radius 3 is 2.31 bits per heavy atom. The molecule has 3 aromatic carbocycles. The fourth-order valence-corrected chi connectivity index (χ4v) is 3.82. The number of aromatic hydroxyl groups is 1. The second-order valence-corrected chi connectivity index (χ2v) is 7.61. The number of ketones is 1. The van der Waals surface area contributed by atoms with Crippen LogP contribution in [-0.2, 0) is 9.59 Å². The summed E-state index contributed by atoms with van der Waals surface area (Å²) in [4.78, 5) is 37.5. The van der Waals surface area contributed by atoms with Gasteiger partial charge in [0, 0.05) is 29.4 Å². The first kappa shape index (κ1) is 24.3. The van der Waals surface area contributed by atoms with Crippen molar-refractivity contribution in [2.45, 2.75) is 12.4 Å². The van der Waals surface area contributed by atoms with E-state index in [0.717, 1.165) is 23.1 Å². The third-order valence-electron chi connectivity index (χ3n) is 5.31. The van der Waals surface area contributed by atoms with Gasteiger partial charge in [-0.05, 0) is 29.8 Å². The topological polar surface area (TPSA) is 130 Å². The number of hydrogen-bond donors (Lipinski definition) is 2. The van der Waals surface area contributed by atoms with Gasteiger partial charge in [-0.15, -0.1) is 13.2 Å². The maximum atomic E-state index is 13.1. The summed E-state index contributed by atoms with van der Waals surface area (Å²) in [7, 11) is 0. The van der Waals surface area contributed by atoms with E-state index in [2.05, 4.69) is 4.74 Å². The van der Waals surface area contributed by atoms with Gasteiger partial charge in [-0.2, -0.15) is 0 Å². The lowest BCUT2D eigenvalue weighted by Crippen LogP contribution is -2.29. The molecule has 1 saturated heterocycles. The second-order valence-electron chi connectivity index (χ2n) is 7.61. The predicted octanol–water partition coefficient (Wildman–Crippen LogP) is 4.83. The lowest BCUT2D eigenvalue weighted by molar-refractivity contribution is -0.384. The summed E-state index contributed by atoms with van der Waals surface area (Å²) in [6.45, 7) is 0. The summed E-state index contributed by atoms with van der Waals surface area (Å²) in [5, 5.41) is 31.8. The largest absolute Gasteiger partial charge is 0.573 e. The third-order valence-corrected chi connectivity index (χ3v) is 5.31. The molecule has 4 rings (SSSR count). The van der Waals surface area contributed by atoms with E-state index in [0.29, 0.717) is 0 Å². The number of ether oxygens (including phenoxy) is 1. The zero-order chi connectivity index (χ0) is 26.2. The number of amides is 1. The van der Waals surface area contributed by atoms with Crippen molar-refractivity contribution in [3.63, 3.8) is 0 Å². The van der Waals surface area contributed by atoms with Crippen molar-refractivity contribution in [3.8, 4) is 11.5 Å². The second kappa shape index (κ2) is 9.06. The highest BCUT2D eigenvalue weighted by molar-refractivity contribution is 6.51. The molecule has 1 unspecified atom stereocenters. The average molecular weight is 500 g/mol. The third kappa shape index (κ3) is 4.69. The van der Waals surface area contributed by atoms with Crippen LogP contribution in [0.3, 0.4) is 0 Å². The number of phenols is 1. The Labute approximate surface area is 200 Å². The van der Waals surface area contributed by atoms with Crippen molar-refractivity contribution in [1.29, 1.82) is 0 Å². The van der Waals surface area contributed by atoms with Crippen LogP contribution in [-0.4, -0.2) is 33.2 Å². The number of aliphatic hydroxyl groups is 1. The molecular formula is C24H15F3N2O7. The van der Waals surface area contributed by atoms with Gasteiger partial charge in [-0.3, -0.25) is 24.6 Å². The Morgan fingerprint density at radius 1 is 1.00 bits per heavy atom. The predicted molar refractivity (Wildman–Crippen MR) is 119 cm³/mol. The monoisotopic (exact) mass is 500 g/mol. The van der Waals surface area contributed by atoms with Crippen molar-refractivity contribution in [2.24, 2.45) is 0 Å². The minimum Gasteiger partial charge on any atom is -0.508 e. The number of anilines is 1. The lowest BCUT2D eigenvalue weighted by Gasteiger charge is -2.26. The molecule has 2 N–H and O–H groups in total. The molecule has 3 aromatic rings.